The van der Waals surface area contributed by atoms with Crippen molar-refractivity contribution in [2.75, 3.05) is 13.1 Å². The van der Waals surface area contributed by atoms with Gasteiger partial charge < -0.3 is 10.1 Å². The van der Waals surface area contributed by atoms with Crippen LogP contribution in [0.5, 0.6) is 10.8 Å². The van der Waals surface area contributed by atoms with E-state index in [1.54, 1.807) is 6.07 Å². The van der Waals surface area contributed by atoms with E-state index in [0.29, 0.717) is 32.7 Å². The van der Waals surface area contributed by atoms with Crippen LogP contribution in [0.25, 0.3) is 0 Å². The summed E-state index contributed by atoms with van der Waals surface area (Å²) < 4.78 is 5.80. The molecule has 2 aromatic rings. The van der Waals surface area contributed by atoms with E-state index in [1.165, 1.54) is 24.2 Å². The molecule has 2 atom stereocenters. The van der Waals surface area contributed by atoms with E-state index in [0.717, 1.165) is 13.1 Å². The van der Waals surface area contributed by atoms with Crippen molar-refractivity contribution in [3.05, 3.63) is 46.3 Å². The zero-order valence-electron chi connectivity index (χ0n) is 14.1. The van der Waals surface area contributed by atoms with Gasteiger partial charge in [0.1, 0.15) is 5.75 Å². The molecule has 1 aromatic heterocycles. The van der Waals surface area contributed by atoms with Crippen molar-refractivity contribution in [3.63, 3.8) is 0 Å². The van der Waals surface area contributed by atoms with Crippen LogP contribution in [-0.2, 0) is 0 Å². The van der Waals surface area contributed by atoms with Crippen molar-refractivity contribution in [2.24, 2.45) is 5.92 Å². The van der Waals surface area contributed by atoms with Crippen LogP contribution in [0.4, 0.5) is 0 Å². The smallest absolute Gasteiger partial charge is 0.261 e. The van der Waals surface area contributed by atoms with Crippen LogP contribution in [0.1, 0.15) is 29.4 Å². The summed E-state index contributed by atoms with van der Waals surface area (Å²) in [6, 6.07) is 11.6. The highest BCUT2D eigenvalue weighted by molar-refractivity contribution is 7.15. The van der Waals surface area contributed by atoms with Crippen molar-refractivity contribution in [2.45, 2.75) is 31.8 Å². The van der Waals surface area contributed by atoms with Gasteiger partial charge >= 0.3 is 0 Å². The molecule has 2 bridgehead atoms. The second-order valence-corrected chi connectivity index (χ2v) is 8.22. The molecule has 4 nitrogen and oxygen atoms in total. The Balaban J connectivity index is 1.43. The molecule has 3 aliphatic heterocycles. The number of nitrogens with one attached hydrogen (secondary N) is 1. The molecule has 3 fully saturated rings. The van der Waals surface area contributed by atoms with Gasteiger partial charge in [-0.1, -0.05) is 35.1 Å². The first-order valence-electron chi connectivity index (χ1n) is 8.69. The summed E-state index contributed by atoms with van der Waals surface area (Å²) in [7, 11) is 0. The number of carbonyl (C=O) groups excluding carboxylic acids is 1. The van der Waals surface area contributed by atoms with Gasteiger partial charge in [-0.15, -0.1) is 0 Å². The molecular formula is C19H21ClN2O2S. The van der Waals surface area contributed by atoms with Gasteiger partial charge in [-0.3, -0.25) is 9.69 Å². The number of halogens is 1. The summed E-state index contributed by atoms with van der Waals surface area (Å²) in [5, 5.41) is 4.48. The number of amides is 1. The van der Waals surface area contributed by atoms with Gasteiger partial charge in [-0.2, -0.15) is 0 Å². The molecule has 6 heteroatoms. The highest BCUT2D eigenvalue weighted by atomic mass is 35.5. The number of para-hydroxylation sites is 1. The second-order valence-electron chi connectivity index (χ2n) is 6.76. The third-order valence-electron chi connectivity index (χ3n) is 5.33. The number of rotatable bonds is 4. The maximum Gasteiger partial charge on any atom is 0.261 e. The van der Waals surface area contributed by atoms with Crippen LogP contribution >= 0.6 is 22.9 Å². The number of fused-ring (bicyclic) bond motifs is 3. The van der Waals surface area contributed by atoms with Crippen molar-refractivity contribution < 1.29 is 9.53 Å². The third-order valence-corrected chi connectivity index (χ3v) is 6.60. The Morgan fingerprint density at radius 2 is 2.00 bits per heavy atom. The predicted molar refractivity (Wildman–Crippen MR) is 101 cm³/mol. The van der Waals surface area contributed by atoms with E-state index in [-0.39, 0.29) is 11.9 Å². The fourth-order valence-corrected chi connectivity index (χ4v) is 4.85. The summed E-state index contributed by atoms with van der Waals surface area (Å²) in [6.45, 7) is 4.54. The van der Waals surface area contributed by atoms with Gasteiger partial charge in [-0.25, -0.2) is 0 Å². The Morgan fingerprint density at radius 3 is 2.72 bits per heavy atom. The lowest BCUT2D eigenvalue weighted by atomic mass is 9.79. The molecule has 1 aromatic carbocycles. The number of benzene rings is 1. The van der Waals surface area contributed by atoms with Crippen LogP contribution in [-0.4, -0.2) is 36.0 Å². The monoisotopic (exact) mass is 376 g/mol. The van der Waals surface area contributed by atoms with Gasteiger partial charge in [0.2, 0.25) is 0 Å². The molecule has 1 amide bonds. The van der Waals surface area contributed by atoms with E-state index >= 15 is 0 Å². The molecule has 0 saturated carbocycles. The van der Waals surface area contributed by atoms with Crippen molar-refractivity contribution in [1.82, 2.24) is 10.2 Å². The fourth-order valence-electron chi connectivity index (χ4n) is 3.90. The molecule has 132 valence electrons. The van der Waals surface area contributed by atoms with Crippen LogP contribution in [0.2, 0.25) is 5.02 Å². The number of carbonyl (C=O) groups is 1. The molecular weight excluding hydrogens is 356 g/mol. The standard InChI is InChI=1S/C19H21ClN2O2S/c1-12-18(13-8-10-22(12)11-9-13)21-19(23)16-6-7-17(25-16)24-15-5-3-2-4-14(15)20/h2-7,12-13,18H,8-11H2,1H3,(H,21,23)/t12-,18-/m0/s1. The van der Waals surface area contributed by atoms with Crippen molar-refractivity contribution in [3.8, 4) is 10.8 Å². The summed E-state index contributed by atoms with van der Waals surface area (Å²) >= 11 is 7.47. The molecule has 25 heavy (non-hydrogen) atoms. The Bertz CT molecular complexity index is 768. The lowest BCUT2D eigenvalue weighted by molar-refractivity contribution is 0.0218. The number of ether oxygens (including phenoxy) is 1. The molecule has 0 unspecified atom stereocenters. The first-order valence-corrected chi connectivity index (χ1v) is 9.88. The van der Waals surface area contributed by atoms with Gasteiger partial charge in [-0.05, 0) is 63.0 Å². The Labute approximate surface area is 156 Å². The number of thiophene rings is 1. The van der Waals surface area contributed by atoms with Gasteiger partial charge in [0.25, 0.3) is 5.91 Å². The largest absolute Gasteiger partial charge is 0.445 e. The topological polar surface area (TPSA) is 41.6 Å². The van der Waals surface area contributed by atoms with Gasteiger partial charge in [0, 0.05) is 12.1 Å². The molecule has 3 aliphatic rings. The summed E-state index contributed by atoms with van der Waals surface area (Å²) in [4.78, 5) is 15.8. The third kappa shape index (κ3) is 3.41. The molecule has 5 rings (SSSR count). The minimum absolute atomic E-state index is 0.00962. The normalized spacial score (nSPS) is 27.9. The van der Waals surface area contributed by atoms with E-state index in [1.807, 2.05) is 30.3 Å². The lowest BCUT2D eigenvalue weighted by Crippen LogP contribution is -2.62. The van der Waals surface area contributed by atoms with Crippen LogP contribution in [0.15, 0.2) is 36.4 Å². The van der Waals surface area contributed by atoms with E-state index in [2.05, 4.69) is 17.1 Å². The molecule has 4 heterocycles. The molecule has 0 radical (unpaired) electrons. The molecule has 0 aliphatic carbocycles. The predicted octanol–water partition coefficient (Wildman–Crippen LogP) is 4.41. The average Bonchev–Trinajstić information content (AvgIpc) is 3.09. The molecule has 1 N–H and O–H groups in total. The Morgan fingerprint density at radius 1 is 1.24 bits per heavy atom. The Hall–Kier alpha value is -1.56. The molecule has 0 spiro atoms. The number of hydrogen-bond acceptors (Lipinski definition) is 4. The zero-order chi connectivity index (χ0) is 17.4. The Kier molecular flexibility index (Phi) is 4.71. The maximum atomic E-state index is 12.7. The summed E-state index contributed by atoms with van der Waals surface area (Å²) in [5.41, 5.74) is 0. The average molecular weight is 377 g/mol. The lowest BCUT2D eigenvalue weighted by Gasteiger charge is -2.49. The first-order chi connectivity index (χ1) is 12.1. The fraction of sp³-hybridized carbons (Fsp3) is 0.421. The highest BCUT2D eigenvalue weighted by Gasteiger charge is 2.40. The van der Waals surface area contributed by atoms with Crippen LogP contribution in [0, 0.1) is 5.92 Å². The quantitative estimate of drug-likeness (QED) is 0.859. The van der Waals surface area contributed by atoms with Crippen molar-refractivity contribution in [1.29, 1.82) is 0 Å². The summed E-state index contributed by atoms with van der Waals surface area (Å²) in [6.07, 6.45) is 2.36. The maximum absolute atomic E-state index is 12.7. The number of hydrogen-bond donors (Lipinski definition) is 1. The zero-order valence-corrected chi connectivity index (χ0v) is 15.6. The van der Waals surface area contributed by atoms with Crippen molar-refractivity contribution >= 4 is 28.8 Å². The highest BCUT2D eigenvalue weighted by Crippen LogP contribution is 2.35. The van der Waals surface area contributed by atoms with E-state index in [4.69, 9.17) is 16.3 Å². The minimum atomic E-state index is -0.00962. The second kappa shape index (κ2) is 6.98. The number of piperidine rings is 3. The van der Waals surface area contributed by atoms with Gasteiger partial charge in [0.15, 0.2) is 5.06 Å². The van der Waals surface area contributed by atoms with Gasteiger partial charge in [0.05, 0.1) is 9.90 Å². The molecule has 3 saturated heterocycles. The van der Waals surface area contributed by atoms with Crippen LogP contribution in [0.3, 0.4) is 0 Å². The van der Waals surface area contributed by atoms with E-state index in [9.17, 15) is 4.79 Å². The minimum Gasteiger partial charge on any atom is -0.445 e. The van der Waals surface area contributed by atoms with Crippen LogP contribution < -0.4 is 10.1 Å². The first kappa shape index (κ1) is 16.9. The van der Waals surface area contributed by atoms with E-state index < -0.39 is 0 Å². The summed E-state index contributed by atoms with van der Waals surface area (Å²) in [5.74, 6) is 1.19. The SMILES string of the molecule is C[C@H]1[C@H](NC(=O)c2ccc(Oc3ccccc3Cl)s2)C2CCN1CC2. The number of nitrogens with zero attached hydrogens (tertiary/aromatic N) is 1.